The fraction of sp³-hybridized carbons (Fsp3) is 0.400. The lowest BCUT2D eigenvalue weighted by atomic mass is 9.80. The second kappa shape index (κ2) is 9.95. The summed E-state index contributed by atoms with van der Waals surface area (Å²) in [6.07, 6.45) is 7.30. The van der Waals surface area contributed by atoms with Gasteiger partial charge in [0, 0.05) is 35.8 Å². The minimum atomic E-state index is -3.82. The van der Waals surface area contributed by atoms with Gasteiger partial charge < -0.3 is 9.64 Å². The van der Waals surface area contributed by atoms with Crippen LogP contribution in [0.15, 0.2) is 71.8 Å². The maximum absolute atomic E-state index is 13.8. The predicted molar refractivity (Wildman–Crippen MR) is 150 cm³/mol. The summed E-state index contributed by atoms with van der Waals surface area (Å²) in [5, 5.41) is 4.16. The number of ether oxygens (including phenoxy) is 1. The molecule has 39 heavy (non-hydrogen) atoms. The number of nitrogens with zero attached hydrogens (tertiary/aromatic N) is 2. The number of ketones is 1. The molecule has 3 aromatic rings. The number of piperidine rings is 1. The molecule has 3 heterocycles. The zero-order valence-corrected chi connectivity index (χ0v) is 23.6. The van der Waals surface area contributed by atoms with Crippen LogP contribution in [0.2, 0.25) is 0 Å². The summed E-state index contributed by atoms with van der Waals surface area (Å²) in [6.45, 7) is 8.56. The van der Waals surface area contributed by atoms with Gasteiger partial charge in [-0.2, -0.15) is 0 Å². The van der Waals surface area contributed by atoms with E-state index in [4.69, 9.17) is 4.74 Å². The van der Waals surface area contributed by atoms with E-state index >= 15 is 0 Å². The number of Topliss-reactive ketones (excluding diaryl/α,β-unsaturated/α-hetero) is 1. The lowest BCUT2D eigenvalue weighted by Gasteiger charge is -2.45. The third-order valence-electron chi connectivity index (χ3n) is 7.49. The van der Waals surface area contributed by atoms with Crippen molar-refractivity contribution in [3.8, 4) is 0 Å². The Morgan fingerprint density at radius 1 is 1.03 bits per heavy atom. The van der Waals surface area contributed by atoms with Crippen LogP contribution < -0.4 is 5.32 Å². The predicted octanol–water partition coefficient (Wildman–Crippen LogP) is 5.06. The van der Waals surface area contributed by atoms with Gasteiger partial charge >= 0.3 is 6.09 Å². The van der Waals surface area contributed by atoms with Gasteiger partial charge in [0.15, 0.2) is 5.78 Å². The van der Waals surface area contributed by atoms with E-state index in [2.05, 4.69) is 5.32 Å². The lowest BCUT2D eigenvalue weighted by Crippen LogP contribution is -2.59. The highest BCUT2D eigenvalue weighted by atomic mass is 32.2. The molecule has 2 aliphatic heterocycles. The highest BCUT2D eigenvalue weighted by Gasteiger charge is 2.40. The van der Waals surface area contributed by atoms with Gasteiger partial charge in [-0.1, -0.05) is 42.0 Å². The van der Waals surface area contributed by atoms with Crippen LogP contribution in [0.4, 0.5) is 4.79 Å². The number of hydrogen-bond acceptors (Lipinski definition) is 6. The Labute approximate surface area is 229 Å². The molecule has 0 bridgehead atoms. The van der Waals surface area contributed by atoms with Crippen molar-refractivity contribution < 1.29 is 22.7 Å². The number of aryl methyl sites for hydroxylation is 1. The number of amides is 1. The fourth-order valence-electron chi connectivity index (χ4n) is 5.37. The first-order chi connectivity index (χ1) is 18.4. The molecule has 1 fully saturated rings. The van der Waals surface area contributed by atoms with E-state index in [0.29, 0.717) is 42.4 Å². The fourth-order valence-corrected chi connectivity index (χ4v) is 6.72. The zero-order chi connectivity index (χ0) is 28.0. The molecule has 206 valence electrons. The van der Waals surface area contributed by atoms with Gasteiger partial charge in [-0.25, -0.2) is 17.2 Å². The van der Waals surface area contributed by atoms with E-state index in [1.54, 1.807) is 53.4 Å². The molecule has 5 rings (SSSR count). The first-order valence-corrected chi connectivity index (χ1v) is 14.7. The van der Waals surface area contributed by atoms with Crippen molar-refractivity contribution in [2.75, 3.05) is 13.1 Å². The van der Waals surface area contributed by atoms with Crippen molar-refractivity contribution in [1.82, 2.24) is 14.2 Å². The van der Waals surface area contributed by atoms with Gasteiger partial charge in [-0.3, -0.25) is 10.1 Å². The molecular formula is C30H35N3O5S. The normalized spacial score (nSPS) is 19.4. The van der Waals surface area contributed by atoms with E-state index in [0.717, 1.165) is 12.0 Å². The number of nitrogens with one attached hydrogen (secondary N) is 1. The number of aromatic nitrogens is 1. The van der Waals surface area contributed by atoms with Crippen LogP contribution in [0.5, 0.6) is 0 Å². The van der Waals surface area contributed by atoms with Crippen LogP contribution in [0, 0.1) is 6.92 Å². The summed E-state index contributed by atoms with van der Waals surface area (Å²) < 4.78 is 33.5. The topological polar surface area (TPSA) is 97.7 Å². The molecule has 1 unspecified atom stereocenters. The molecule has 9 heteroatoms. The number of fused-ring (bicyclic) bond motifs is 1. The average molecular weight is 550 g/mol. The molecule has 1 spiro atoms. The quantitative estimate of drug-likeness (QED) is 0.361. The highest BCUT2D eigenvalue weighted by molar-refractivity contribution is 7.90. The van der Waals surface area contributed by atoms with Crippen LogP contribution in [-0.4, -0.2) is 59.4 Å². The van der Waals surface area contributed by atoms with E-state index < -0.39 is 21.7 Å². The SMILES string of the molecule is Cc1ccc(S(=O)(=O)n2ccc3c(C(=O)C4C=CCC5(CCN(C(=O)OC(C)(C)C)CC5)N4)cccc32)cc1. The number of carbonyl (C=O) groups is 2. The first-order valence-electron chi connectivity index (χ1n) is 13.3. The molecule has 0 saturated carbocycles. The Bertz CT molecular complexity index is 1540. The van der Waals surface area contributed by atoms with Crippen molar-refractivity contribution in [3.63, 3.8) is 0 Å². The molecule has 2 aliphatic rings. The Hall–Kier alpha value is -3.43. The number of likely N-dealkylation sites (tertiary alicyclic amines) is 1. The Kier molecular flexibility index (Phi) is 6.93. The maximum atomic E-state index is 13.8. The van der Waals surface area contributed by atoms with Crippen LogP contribution in [0.3, 0.4) is 0 Å². The Morgan fingerprint density at radius 3 is 2.38 bits per heavy atom. The highest BCUT2D eigenvalue weighted by Crippen LogP contribution is 2.32. The largest absolute Gasteiger partial charge is 0.444 e. The summed E-state index contributed by atoms with van der Waals surface area (Å²) in [6, 6.07) is 13.0. The molecule has 8 nitrogen and oxygen atoms in total. The third kappa shape index (κ3) is 5.38. The smallest absolute Gasteiger partial charge is 0.410 e. The van der Waals surface area contributed by atoms with E-state index in [-0.39, 0.29) is 22.3 Å². The molecule has 1 aromatic heterocycles. The van der Waals surface area contributed by atoms with Crippen molar-refractivity contribution in [2.45, 2.75) is 69.0 Å². The Balaban J connectivity index is 1.36. The molecule has 1 N–H and O–H groups in total. The van der Waals surface area contributed by atoms with Crippen LogP contribution in [0.25, 0.3) is 10.9 Å². The van der Waals surface area contributed by atoms with E-state index in [1.807, 2.05) is 39.8 Å². The van der Waals surface area contributed by atoms with Crippen molar-refractivity contribution in [2.24, 2.45) is 0 Å². The standard InChI is InChI=1S/C30H35N3O5S/c1-21-10-12-22(13-11-21)39(36,37)33-18-14-23-24(7-5-9-26(23)33)27(34)25-8-6-15-30(31-25)16-19-32(20-17-30)28(35)38-29(2,3)4/h5-14,18,25,31H,15-17,19-20H2,1-4H3. The van der Waals surface area contributed by atoms with Crippen molar-refractivity contribution >= 4 is 32.8 Å². The number of benzene rings is 2. The number of rotatable bonds is 4. The summed E-state index contributed by atoms with van der Waals surface area (Å²) in [4.78, 5) is 28.2. The van der Waals surface area contributed by atoms with Gasteiger partial charge in [0.05, 0.1) is 16.5 Å². The van der Waals surface area contributed by atoms with Gasteiger partial charge in [0.25, 0.3) is 10.0 Å². The van der Waals surface area contributed by atoms with Crippen molar-refractivity contribution in [3.05, 3.63) is 78.0 Å². The van der Waals surface area contributed by atoms with E-state index in [9.17, 15) is 18.0 Å². The summed E-state index contributed by atoms with van der Waals surface area (Å²) in [5.41, 5.74) is 1.06. The second-order valence-corrected chi connectivity index (χ2v) is 13.3. The van der Waals surface area contributed by atoms with Gasteiger partial charge in [-0.05, 0) is 71.2 Å². The maximum Gasteiger partial charge on any atom is 0.410 e. The van der Waals surface area contributed by atoms with Gasteiger partial charge in [-0.15, -0.1) is 0 Å². The molecule has 1 atom stereocenters. The molecule has 0 radical (unpaired) electrons. The second-order valence-electron chi connectivity index (χ2n) is 11.5. The summed E-state index contributed by atoms with van der Waals surface area (Å²) >= 11 is 0. The Morgan fingerprint density at radius 2 is 1.72 bits per heavy atom. The van der Waals surface area contributed by atoms with Gasteiger partial charge in [0.2, 0.25) is 0 Å². The third-order valence-corrected chi connectivity index (χ3v) is 9.20. The van der Waals surface area contributed by atoms with Crippen LogP contribution in [0.1, 0.15) is 56.0 Å². The van der Waals surface area contributed by atoms with E-state index in [1.165, 1.54) is 10.2 Å². The first kappa shape index (κ1) is 27.1. The minimum Gasteiger partial charge on any atom is -0.444 e. The number of carbonyl (C=O) groups excluding carboxylic acids is 2. The minimum absolute atomic E-state index is 0.115. The molecular weight excluding hydrogens is 514 g/mol. The van der Waals surface area contributed by atoms with Gasteiger partial charge in [0.1, 0.15) is 5.60 Å². The zero-order valence-electron chi connectivity index (χ0n) is 22.8. The average Bonchev–Trinajstić information content (AvgIpc) is 3.33. The van der Waals surface area contributed by atoms with Crippen LogP contribution >= 0.6 is 0 Å². The summed E-state index contributed by atoms with van der Waals surface area (Å²) in [5.74, 6) is -0.115. The molecule has 2 aromatic carbocycles. The van der Waals surface area contributed by atoms with Crippen LogP contribution in [-0.2, 0) is 14.8 Å². The molecule has 0 aliphatic carbocycles. The molecule has 1 saturated heterocycles. The van der Waals surface area contributed by atoms with Crippen molar-refractivity contribution in [1.29, 1.82) is 0 Å². The molecule has 1 amide bonds. The lowest BCUT2D eigenvalue weighted by molar-refractivity contribution is 0.0139. The number of hydrogen-bond donors (Lipinski definition) is 1. The monoisotopic (exact) mass is 549 g/mol. The summed E-state index contributed by atoms with van der Waals surface area (Å²) in [7, 11) is -3.82.